The summed E-state index contributed by atoms with van der Waals surface area (Å²) >= 11 is 0. The van der Waals surface area contributed by atoms with Gasteiger partial charge in [0, 0.05) is 5.56 Å². The molecule has 134 valence electrons. The molecule has 8 heteroatoms. The van der Waals surface area contributed by atoms with Crippen molar-refractivity contribution in [3.63, 3.8) is 0 Å². The molecule has 0 unspecified atom stereocenters. The van der Waals surface area contributed by atoms with Crippen molar-refractivity contribution >= 4 is 11.6 Å². The minimum Gasteiger partial charge on any atom is -0.493 e. The first-order valence-electron chi connectivity index (χ1n) is 7.78. The van der Waals surface area contributed by atoms with E-state index in [0.717, 1.165) is 5.56 Å². The lowest BCUT2D eigenvalue weighted by atomic mass is 10.1. The van der Waals surface area contributed by atoms with Crippen molar-refractivity contribution < 1.29 is 18.7 Å². The number of H-pyrrole nitrogens is 1. The second-order valence-electron chi connectivity index (χ2n) is 5.35. The van der Waals surface area contributed by atoms with Crippen LogP contribution < -0.4 is 14.9 Å². The van der Waals surface area contributed by atoms with E-state index >= 15 is 0 Å². The number of hydrazone groups is 1. The molecule has 2 N–H and O–H groups in total. The van der Waals surface area contributed by atoms with Gasteiger partial charge >= 0.3 is 0 Å². The number of hydrogen-bond donors (Lipinski definition) is 2. The van der Waals surface area contributed by atoms with E-state index < -0.39 is 5.91 Å². The van der Waals surface area contributed by atoms with E-state index in [9.17, 15) is 4.79 Å². The molecule has 0 radical (unpaired) electrons. The summed E-state index contributed by atoms with van der Waals surface area (Å²) in [5, 5.41) is 10.9. The lowest BCUT2D eigenvalue weighted by molar-refractivity contribution is 0.0950. The van der Waals surface area contributed by atoms with E-state index in [1.54, 1.807) is 57.7 Å². The van der Waals surface area contributed by atoms with Gasteiger partial charge in [0.1, 0.15) is 17.2 Å². The van der Waals surface area contributed by atoms with Crippen molar-refractivity contribution in [2.45, 2.75) is 6.92 Å². The number of benzene rings is 1. The first kappa shape index (κ1) is 17.3. The molecule has 0 aliphatic rings. The van der Waals surface area contributed by atoms with Crippen molar-refractivity contribution in [1.82, 2.24) is 15.6 Å². The second-order valence-corrected chi connectivity index (χ2v) is 5.35. The van der Waals surface area contributed by atoms with Crippen LogP contribution >= 0.6 is 0 Å². The number of rotatable bonds is 6. The van der Waals surface area contributed by atoms with Crippen LogP contribution in [-0.4, -0.2) is 36.0 Å². The summed E-state index contributed by atoms with van der Waals surface area (Å²) < 4.78 is 15.7. The van der Waals surface area contributed by atoms with Crippen molar-refractivity contribution in [3.8, 4) is 22.8 Å². The lowest BCUT2D eigenvalue weighted by Gasteiger charge is -2.08. The quantitative estimate of drug-likeness (QED) is 0.523. The molecule has 3 rings (SSSR count). The molecular weight excluding hydrogens is 336 g/mol. The molecule has 1 aromatic carbocycles. The van der Waals surface area contributed by atoms with E-state index in [2.05, 4.69) is 20.7 Å². The third-order valence-electron chi connectivity index (χ3n) is 3.70. The number of furan rings is 1. The fraction of sp³-hybridized carbons (Fsp3) is 0.167. The average Bonchev–Trinajstić information content (AvgIpc) is 3.37. The van der Waals surface area contributed by atoms with Crippen molar-refractivity contribution in [3.05, 3.63) is 54.1 Å². The molecule has 0 aliphatic heterocycles. The van der Waals surface area contributed by atoms with E-state index in [0.29, 0.717) is 28.7 Å². The first-order chi connectivity index (χ1) is 12.6. The topological polar surface area (TPSA) is 102 Å². The average molecular weight is 354 g/mol. The molecule has 0 saturated heterocycles. The summed E-state index contributed by atoms with van der Waals surface area (Å²) in [6, 6.07) is 10.5. The molecule has 0 spiro atoms. The van der Waals surface area contributed by atoms with Crippen molar-refractivity contribution in [1.29, 1.82) is 0 Å². The minimum atomic E-state index is -0.407. The molecule has 8 nitrogen and oxygen atoms in total. The SMILES string of the molecule is COc1ccc(-c2cc(C(=O)NN=C(C)c3ccco3)[nH]n2)cc1OC. The highest BCUT2D eigenvalue weighted by Crippen LogP contribution is 2.31. The van der Waals surface area contributed by atoms with Gasteiger partial charge in [-0.15, -0.1) is 0 Å². The molecule has 0 atom stereocenters. The van der Waals surface area contributed by atoms with Crippen LogP contribution in [0.4, 0.5) is 0 Å². The van der Waals surface area contributed by atoms with Gasteiger partial charge in [0.25, 0.3) is 5.91 Å². The van der Waals surface area contributed by atoms with E-state index in [1.807, 2.05) is 6.07 Å². The zero-order chi connectivity index (χ0) is 18.5. The van der Waals surface area contributed by atoms with Crippen LogP contribution in [0.1, 0.15) is 23.2 Å². The zero-order valence-corrected chi connectivity index (χ0v) is 14.6. The third-order valence-corrected chi connectivity index (χ3v) is 3.70. The first-order valence-corrected chi connectivity index (χ1v) is 7.78. The van der Waals surface area contributed by atoms with Gasteiger partial charge in [0.15, 0.2) is 11.5 Å². The zero-order valence-electron chi connectivity index (χ0n) is 14.6. The minimum absolute atomic E-state index is 0.283. The smallest absolute Gasteiger partial charge is 0.289 e. The molecule has 1 amide bonds. The maximum Gasteiger partial charge on any atom is 0.289 e. The Morgan fingerprint density at radius 3 is 2.69 bits per heavy atom. The van der Waals surface area contributed by atoms with Crippen LogP contribution in [0.5, 0.6) is 11.5 Å². The number of nitrogens with one attached hydrogen (secondary N) is 2. The summed E-state index contributed by atoms with van der Waals surface area (Å²) in [5.41, 5.74) is 4.69. The molecule has 0 fully saturated rings. The van der Waals surface area contributed by atoms with Gasteiger partial charge in [-0.1, -0.05) is 0 Å². The van der Waals surface area contributed by atoms with Gasteiger partial charge in [-0.05, 0) is 43.3 Å². The number of ether oxygens (including phenoxy) is 2. The molecule has 26 heavy (non-hydrogen) atoms. The number of amides is 1. The number of carbonyl (C=O) groups is 1. The fourth-order valence-electron chi connectivity index (χ4n) is 2.32. The second kappa shape index (κ2) is 7.56. The number of nitrogens with zero attached hydrogens (tertiary/aromatic N) is 2. The number of hydrogen-bond acceptors (Lipinski definition) is 6. The highest BCUT2D eigenvalue weighted by atomic mass is 16.5. The summed E-state index contributed by atoms with van der Waals surface area (Å²) in [6.07, 6.45) is 1.54. The molecular formula is C18H18N4O4. The van der Waals surface area contributed by atoms with Crippen LogP contribution in [-0.2, 0) is 0 Å². The van der Waals surface area contributed by atoms with E-state index in [-0.39, 0.29) is 5.69 Å². The predicted octanol–water partition coefficient (Wildman–Crippen LogP) is 2.84. The number of carbonyl (C=O) groups excluding carboxylic acids is 1. The van der Waals surface area contributed by atoms with Crippen LogP contribution in [0.15, 0.2) is 52.2 Å². The Balaban J connectivity index is 1.75. The molecule has 2 heterocycles. The normalized spacial score (nSPS) is 11.3. The standard InChI is InChI=1S/C18H18N4O4/c1-11(15-5-4-8-26-15)19-22-18(23)14-10-13(20-21-14)12-6-7-16(24-2)17(9-12)25-3/h4-10H,1-3H3,(H,20,21)(H,22,23). The van der Waals surface area contributed by atoms with Gasteiger partial charge in [-0.3, -0.25) is 9.89 Å². The summed E-state index contributed by atoms with van der Waals surface area (Å²) in [4.78, 5) is 12.2. The maximum atomic E-state index is 12.2. The van der Waals surface area contributed by atoms with Gasteiger partial charge in [-0.2, -0.15) is 10.2 Å². The molecule has 0 aliphatic carbocycles. The predicted molar refractivity (Wildman–Crippen MR) is 95.5 cm³/mol. The Hall–Kier alpha value is -3.55. The van der Waals surface area contributed by atoms with Gasteiger partial charge in [-0.25, -0.2) is 5.43 Å². The van der Waals surface area contributed by atoms with Gasteiger partial charge in [0.2, 0.25) is 0 Å². The lowest BCUT2D eigenvalue weighted by Crippen LogP contribution is -2.19. The maximum absolute atomic E-state index is 12.2. The highest BCUT2D eigenvalue weighted by molar-refractivity contribution is 5.98. The fourth-order valence-corrected chi connectivity index (χ4v) is 2.32. The van der Waals surface area contributed by atoms with Crippen LogP contribution in [0.2, 0.25) is 0 Å². The summed E-state index contributed by atoms with van der Waals surface area (Å²) in [5.74, 6) is 1.38. The summed E-state index contributed by atoms with van der Waals surface area (Å²) in [6.45, 7) is 1.74. The van der Waals surface area contributed by atoms with Crippen molar-refractivity contribution in [2.24, 2.45) is 5.10 Å². The highest BCUT2D eigenvalue weighted by Gasteiger charge is 2.13. The van der Waals surface area contributed by atoms with Crippen LogP contribution in [0, 0.1) is 0 Å². The Morgan fingerprint density at radius 1 is 1.19 bits per heavy atom. The largest absolute Gasteiger partial charge is 0.493 e. The Morgan fingerprint density at radius 2 is 2.00 bits per heavy atom. The summed E-state index contributed by atoms with van der Waals surface area (Å²) in [7, 11) is 3.13. The van der Waals surface area contributed by atoms with Crippen LogP contribution in [0.3, 0.4) is 0 Å². The molecule has 3 aromatic rings. The van der Waals surface area contributed by atoms with Crippen molar-refractivity contribution in [2.75, 3.05) is 14.2 Å². The Bertz CT molecular complexity index is 929. The molecule has 0 bridgehead atoms. The number of aromatic amines is 1. The molecule has 2 aromatic heterocycles. The number of aromatic nitrogens is 2. The molecule has 0 saturated carbocycles. The van der Waals surface area contributed by atoms with Gasteiger partial charge in [0.05, 0.1) is 26.2 Å². The Kier molecular flexibility index (Phi) is 5.02. The van der Waals surface area contributed by atoms with Gasteiger partial charge < -0.3 is 13.9 Å². The van der Waals surface area contributed by atoms with E-state index in [1.165, 1.54) is 0 Å². The Labute approximate surface area is 149 Å². The van der Waals surface area contributed by atoms with Crippen LogP contribution in [0.25, 0.3) is 11.3 Å². The third kappa shape index (κ3) is 3.59. The monoisotopic (exact) mass is 354 g/mol. The number of methoxy groups -OCH3 is 2. The van der Waals surface area contributed by atoms with E-state index in [4.69, 9.17) is 13.9 Å².